The van der Waals surface area contributed by atoms with E-state index >= 15 is 0 Å². The van der Waals surface area contributed by atoms with Crippen LogP contribution < -0.4 is 9.64 Å². The molecule has 1 aliphatic rings. The fourth-order valence-corrected chi connectivity index (χ4v) is 4.24. The van der Waals surface area contributed by atoms with E-state index in [1.165, 1.54) is 0 Å². The lowest BCUT2D eigenvalue weighted by Crippen LogP contribution is -2.49. The Morgan fingerprint density at radius 3 is 2.41 bits per heavy atom. The molecular formula is C26H23ClN4O3. The number of methoxy groups -OCH3 is 1. The highest BCUT2D eigenvalue weighted by molar-refractivity contribution is 6.30. The number of nitrogens with zero attached hydrogens (tertiary/aromatic N) is 4. The number of amides is 1. The first-order valence-corrected chi connectivity index (χ1v) is 11.4. The lowest BCUT2D eigenvalue weighted by molar-refractivity contribution is 0.0747. The maximum atomic E-state index is 13.5. The zero-order chi connectivity index (χ0) is 23.5. The van der Waals surface area contributed by atoms with Gasteiger partial charge in [0.1, 0.15) is 5.75 Å². The largest absolute Gasteiger partial charge is 0.495 e. The number of hydrogen-bond acceptors (Lipinski definition) is 6. The molecule has 0 unspecified atom stereocenters. The molecule has 1 aliphatic heterocycles. The summed E-state index contributed by atoms with van der Waals surface area (Å²) in [4.78, 5) is 22.1. The van der Waals surface area contributed by atoms with Crippen LogP contribution in [-0.4, -0.2) is 54.2 Å². The van der Waals surface area contributed by atoms with Crippen LogP contribution in [0.1, 0.15) is 10.4 Å². The summed E-state index contributed by atoms with van der Waals surface area (Å²) in [7, 11) is 1.67. The van der Waals surface area contributed by atoms with E-state index in [9.17, 15) is 4.79 Å². The molecule has 2 heterocycles. The van der Waals surface area contributed by atoms with E-state index in [1.807, 2.05) is 59.5 Å². The van der Waals surface area contributed by atoms with Crippen LogP contribution in [0.2, 0.25) is 5.02 Å². The van der Waals surface area contributed by atoms with Crippen molar-refractivity contribution in [3.05, 3.63) is 83.4 Å². The molecule has 4 aromatic rings. The van der Waals surface area contributed by atoms with Gasteiger partial charge in [0, 0.05) is 36.8 Å². The van der Waals surface area contributed by atoms with Gasteiger partial charge in [0.05, 0.1) is 23.9 Å². The Morgan fingerprint density at radius 2 is 1.65 bits per heavy atom. The van der Waals surface area contributed by atoms with Gasteiger partial charge in [-0.1, -0.05) is 41.0 Å². The molecule has 5 rings (SSSR count). The van der Waals surface area contributed by atoms with Crippen molar-refractivity contribution in [2.75, 3.05) is 38.2 Å². The fraction of sp³-hybridized carbons (Fsp3) is 0.192. The first-order chi connectivity index (χ1) is 16.6. The highest BCUT2D eigenvalue weighted by Crippen LogP contribution is 2.30. The summed E-state index contributed by atoms with van der Waals surface area (Å²) in [6.45, 7) is 2.64. The van der Waals surface area contributed by atoms with Crippen molar-refractivity contribution < 1.29 is 14.1 Å². The van der Waals surface area contributed by atoms with Gasteiger partial charge in [-0.15, -0.1) is 0 Å². The van der Waals surface area contributed by atoms with E-state index in [4.69, 9.17) is 20.9 Å². The SMILES string of the molecule is COc1ccccc1N1CCN(C(=O)c2ccccc2-c2nc(-c3ccc(Cl)cc3)no2)CC1. The third kappa shape index (κ3) is 4.34. The number of carbonyl (C=O) groups excluding carboxylic acids is 1. The molecule has 1 amide bonds. The minimum atomic E-state index is -0.0541. The minimum Gasteiger partial charge on any atom is -0.495 e. The zero-order valence-electron chi connectivity index (χ0n) is 18.6. The Kier molecular flexibility index (Phi) is 6.18. The quantitative estimate of drug-likeness (QED) is 0.404. The van der Waals surface area contributed by atoms with Crippen molar-refractivity contribution in [2.45, 2.75) is 0 Å². The third-order valence-electron chi connectivity index (χ3n) is 5.91. The topological polar surface area (TPSA) is 71.7 Å². The summed E-state index contributed by atoms with van der Waals surface area (Å²) < 4.78 is 11.0. The van der Waals surface area contributed by atoms with E-state index in [0.29, 0.717) is 41.0 Å². The van der Waals surface area contributed by atoms with Crippen LogP contribution in [0.4, 0.5) is 5.69 Å². The summed E-state index contributed by atoms with van der Waals surface area (Å²) in [6, 6.07) is 22.5. The minimum absolute atomic E-state index is 0.0541. The maximum absolute atomic E-state index is 13.5. The van der Waals surface area contributed by atoms with Gasteiger partial charge in [0.2, 0.25) is 5.82 Å². The number of para-hydroxylation sites is 2. The third-order valence-corrected chi connectivity index (χ3v) is 6.16. The monoisotopic (exact) mass is 474 g/mol. The lowest BCUT2D eigenvalue weighted by atomic mass is 10.1. The van der Waals surface area contributed by atoms with Gasteiger partial charge in [-0.3, -0.25) is 4.79 Å². The Bertz CT molecular complexity index is 1300. The van der Waals surface area contributed by atoms with Crippen LogP contribution in [0.15, 0.2) is 77.3 Å². The van der Waals surface area contributed by atoms with Crippen LogP contribution in [0.5, 0.6) is 5.75 Å². The molecule has 172 valence electrons. The van der Waals surface area contributed by atoms with Crippen LogP contribution >= 0.6 is 11.6 Å². The number of halogens is 1. The van der Waals surface area contributed by atoms with Gasteiger partial charge in [-0.05, 0) is 48.5 Å². The lowest BCUT2D eigenvalue weighted by Gasteiger charge is -2.36. The van der Waals surface area contributed by atoms with Crippen molar-refractivity contribution in [2.24, 2.45) is 0 Å². The van der Waals surface area contributed by atoms with Crippen molar-refractivity contribution >= 4 is 23.2 Å². The summed E-state index contributed by atoms with van der Waals surface area (Å²) in [5.74, 6) is 1.53. The second-order valence-electron chi connectivity index (χ2n) is 7.93. The predicted molar refractivity (Wildman–Crippen MR) is 131 cm³/mol. The van der Waals surface area contributed by atoms with E-state index in [2.05, 4.69) is 15.0 Å². The summed E-state index contributed by atoms with van der Waals surface area (Å²) >= 11 is 5.97. The van der Waals surface area contributed by atoms with Gasteiger partial charge in [0.15, 0.2) is 0 Å². The fourth-order valence-electron chi connectivity index (χ4n) is 4.12. The number of piperazine rings is 1. The van der Waals surface area contributed by atoms with Gasteiger partial charge < -0.3 is 19.1 Å². The van der Waals surface area contributed by atoms with Crippen molar-refractivity contribution in [3.8, 4) is 28.6 Å². The van der Waals surface area contributed by atoms with Gasteiger partial charge in [-0.25, -0.2) is 0 Å². The van der Waals surface area contributed by atoms with Gasteiger partial charge in [-0.2, -0.15) is 4.98 Å². The maximum Gasteiger partial charge on any atom is 0.259 e. The Labute approximate surface area is 202 Å². The van der Waals surface area contributed by atoms with Crippen molar-refractivity contribution in [1.29, 1.82) is 0 Å². The highest BCUT2D eigenvalue weighted by Gasteiger charge is 2.26. The van der Waals surface area contributed by atoms with Gasteiger partial charge >= 0.3 is 0 Å². The average Bonchev–Trinajstić information content (AvgIpc) is 3.39. The normalized spacial score (nSPS) is 13.7. The number of rotatable bonds is 5. The predicted octanol–water partition coefficient (Wildman–Crippen LogP) is 5.03. The number of ether oxygens (including phenoxy) is 1. The van der Waals surface area contributed by atoms with E-state index in [0.717, 1.165) is 30.1 Å². The van der Waals surface area contributed by atoms with Crippen LogP contribution in [0.25, 0.3) is 22.8 Å². The van der Waals surface area contributed by atoms with Crippen LogP contribution in [0, 0.1) is 0 Å². The Hall–Kier alpha value is -3.84. The molecule has 34 heavy (non-hydrogen) atoms. The molecule has 0 saturated carbocycles. The van der Waals surface area contributed by atoms with Crippen LogP contribution in [0.3, 0.4) is 0 Å². The molecule has 8 heteroatoms. The summed E-state index contributed by atoms with van der Waals surface area (Å²) in [5, 5.41) is 4.73. The van der Waals surface area contributed by atoms with Crippen LogP contribution in [-0.2, 0) is 0 Å². The highest BCUT2D eigenvalue weighted by atomic mass is 35.5. The molecule has 0 atom stereocenters. The van der Waals surface area contributed by atoms with E-state index in [1.54, 1.807) is 25.3 Å². The molecule has 1 saturated heterocycles. The number of hydrogen-bond donors (Lipinski definition) is 0. The van der Waals surface area contributed by atoms with Crippen molar-refractivity contribution in [3.63, 3.8) is 0 Å². The average molecular weight is 475 g/mol. The molecule has 7 nitrogen and oxygen atoms in total. The smallest absolute Gasteiger partial charge is 0.259 e. The number of benzene rings is 3. The zero-order valence-corrected chi connectivity index (χ0v) is 19.4. The molecule has 0 aliphatic carbocycles. The number of anilines is 1. The molecule has 0 radical (unpaired) electrons. The summed E-state index contributed by atoms with van der Waals surface area (Å²) in [5.41, 5.74) is 2.99. The van der Waals surface area contributed by atoms with E-state index in [-0.39, 0.29) is 5.91 Å². The molecule has 1 fully saturated rings. The molecule has 1 aromatic heterocycles. The number of carbonyl (C=O) groups is 1. The Balaban J connectivity index is 1.34. The first kappa shape index (κ1) is 22.0. The van der Waals surface area contributed by atoms with Crippen molar-refractivity contribution in [1.82, 2.24) is 15.0 Å². The molecule has 0 spiro atoms. The Morgan fingerprint density at radius 1 is 0.941 bits per heavy atom. The standard InChI is InChI=1S/C26H23ClN4O3/c1-33-23-9-5-4-8-22(23)30-14-16-31(17-15-30)26(32)21-7-3-2-6-20(21)25-28-24(29-34-25)18-10-12-19(27)13-11-18/h2-13H,14-17H2,1H3. The van der Waals surface area contributed by atoms with Gasteiger partial charge in [0.25, 0.3) is 11.8 Å². The number of aromatic nitrogens is 2. The first-order valence-electron chi connectivity index (χ1n) is 11.0. The summed E-state index contributed by atoms with van der Waals surface area (Å²) in [6.07, 6.45) is 0. The molecule has 0 bridgehead atoms. The van der Waals surface area contributed by atoms with E-state index < -0.39 is 0 Å². The second kappa shape index (κ2) is 9.57. The molecule has 3 aromatic carbocycles. The molecular weight excluding hydrogens is 452 g/mol. The second-order valence-corrected chi connectivity index (χ2v) is 8.36. The molecule has 0 N–H and O–H groups in total.